The van der Waals surface area contributed by atoms with Gasteiger partial charge in [-0.15, -0.1) is 0 Å². The summed E-state index contributed by atoms with van der Waals surface area (Å²) in [6, 6.07) is 6.85. The number of benzene rings is 1. The molecule has 7 heteroatoms. The maximum atomic E-state index is 12.0. The average molecular weight is 305 g/mol. The highest BCUT2D eigenvalue weighted by Gasteiger charge is 2.26. The number of hydrogen-bond donors (Lipinski definition) is 2. The number of ether oxygens (including phenoxy) is 2. The molecule has 1 aromatic carbocycles. The molecule has 2 N–H and O–H groups in total. The highest BCUT2D eigenvalue weighted by molar-refractivity contribution is 5.98. The maximum absolute atomic E-state index is 12.0. The minimum atomic E-state index is -0.394. The lowest BCUT2D eigenvalue weighted by Gasteiger charge is -2.18. The van der Waals surface area contributed by atoms with Gasteiger partial charge < -0.3 is 20.1 Å². The van der Waals surface area contributed by atoms with E-state index in [4.69, 9.17) is 9.47 Å². The van der Waals surface area contributed by atoms with Crippen molar-refractivity contribution in [1.82, 2.24) is 5.32 Å². The van der Waals surface area contributed by atoms with Crippen LogP contribution in [0.3, 0.4) is 0 Å². The first-order valence-electron chi connectivity index (χ1n) is 7.44. The molecular formula is C15H19N3O4. The maximum Gasteiger partial charge on any atom is 0.414 e. The molecule has 2 aliphatic heterocycles. The van der Waals surface area contributed by atoms with Crippen molar-refractivity contribution in [1.29, 1.82) is 0 Å². The van der Waals surface area contributed by atoms with E-state index >= 15 is 0 Å². The Morgan fingerprint density at radius 2 is 2.18 bits per heavy atom. The van der Waals surface area contributed by atoms with Gasteiger partial charge in [-0.2, -0.15) is 0 Å². The first kappa shape index (κ1) is 14.6. The summed E-state index contributed by atoms with van der Waals surface area (Å²) in [5, 5.41) is 5.57. The number of urea groups is 1. The van der Waals surface area contributed by atoms with Crippen molar-refractivity contribution < 1.29 is 19.1 Å². The second-order valence-electron chi connectivity index (χ2n) is 5.25. The molecule has 0 bridgehead atoms. The van der Waals surface area contributed by atoms with Gasteiger partial charge in [0.1, 0.15) is 6.61 Å². The summed E-state index contributed by atoms with van der Waals surface area (Å²) >= 11 is 0. The number of amides is 3. The zero-order valence-electron chi connectivity index (χ0n) is 12.2. The molecular weight excluding hydrogens is 286 g/mol. The van der Waals surface area contributed by atoms with E-state index in [-0.39, 0.29) is 12.1 Å². The third-order valence-corrected chi connectivity index (χ3v) is 3.72. The van der Waals surface area contributed by atoms with E-state index in [1.54, 1.807) is 18.2 Å². The molecule has 0 aromatic heterocycles. The molecule has 3 rings (SSSR count). The summed E-state index contributed by atoms with van der Waals surface area (Å²) in [6.45, 7) is 2.08. The molecule has 118 valence electrons. The number of nitrogens with one attached hydrogen (secondary N) is 2. The first-order chi connectivity index (χ1) is 10.7. The van der Waals surface area contributed by atoms with Crippen LogP contribution in [0.1, 0.15) is 12.8 Å². The van der Waals surface area contributed by atoms with Gasteiger partial charge in [-0.05, 0) is 25.0 Å². The van der Waals surface area contributed by atoms with Crippen LogP contribution >= 0.6 is 0 Å². The molecule has 0 radical (unpaired) electrons. The number of cyclic esters (lactones) is 1. The second-order valence-corrected chi connectivity index (χ2v) is 5.25. The second kappa shape index (κ2) is 6.65. The summed E-state index contributed by atoms with van der Waals surface area (Å²) < 4.78 is 10.4. The number of nitrogens with zero attached hydrogens (tertiary/aromatic N) is 1. The van der Waals surface area contributed by atoms with Crippen molar-refractivity contribution in [2.75, 3.05) is 36.5 Å². The fraction of sp³-hybridized carbons (Fsp3) is 0.467. The number of anilines is 2. The van der Waals surface area contributed by atoms with Gasteiger partial charge in [0.05, 0.1) is 24.0 Å². The van der Waals surface area contributed by atoms with Crippen LogP contribution < -0.4 is 15.5 Å². The van der Waals surface area contributed by atoms with Crippen LogP contribution in [0.2, 0.25) is 0 Å². The Labute approximate surface area is 128 Å². The Hall–Kier alpha value is -2.28. The Morgan fingerprint density at radius 1 is 1.32 bits per heavy atom. The fourth-order valence-electron chi connectivity index (χ4n) is 2.61. The van der Waals surface area contributed by atoms with E-state index < -0.39 is 6.09 Å². The molecule has 2 saturated heterocycles. The van der Waals surface area contributed by atoms with Gasteiger partial charge in [-0.1, -0.05) is 12.1 Å². The van der Waals surface area contributed by atoms with Crippen LogP contribution in [0.15, 0.2) is 24.3 Å². The molecule has 2 aliphatic rings. The van der Waals surface area contributed by atoms with E-state index in [9.17, 15) is 9.59 Å². The molecule has 0 saturated carbocycles. The van der Waals surface area contributed by atoms with Crippen molar-refractivity contribution >= 4 is 23.5 Å². The quantitative estimate of drug-likeness (QED) is 0.891. The lowest BCUT2D eigenvalue weighted by atomic mass is 10.2. The lowest BCUT2D eigenvalue weighted by molar-refractivity contribution is 0.112. The van der Waals surface area contributed by atoms with E-state index in [1.807, 2.05) is 6.07 Å². The third-order valence-electron chi connectivity index (χ3n) is 3.72. The van der Waals surface area contributed by atoms with E-state index in [0.29, 0.717) is 31.1 Å². The predicted octanol–water partition coefficient (Wildman–Crippen LogP) is 1.94. The van der Waals surface area contributed by atoms with Gasteiger partial charge in [-0.25, -0.2) is 9.59 Å². The van der Waals surface area contributed by atoms with Crippen molar-refractivity contribution in [3.05, 3.63) is 24.3 Å². The summed E-state index contributed by atoms with van der Waals surface area (Å²) in [6.07, 6.45) is 1.70. The zero-order chi connectivity index (χ0) is 15.4. The lowest BCUT2D eigenvalue weighted by Crippen LogP contribution is -2.35. The van der Waals surface area contributed by atoms with Gasteiger partial charge in [0.15, 0.2) is 0 Å². The number of carbonyl (C=O) groups is 2. The van der Waals surface area contributed by atoms with Crippen LogP contribution in [0.5, 0.6) is 0 Å². The van der Waals surface area contributed by atoms with Crippen molar-refractivity contribution in [3.63, 3.8) is 0 Å². The third kappa shape index (κ3) is 3.30. The van der Waals surface area contributed by atoms with Crippen LogP contribution in [0, 0.1) is 0 Å². The van der Waals surface area contributed by atoms with Crippen molar-refractivity contribution in [2.24, 2.45) is 0 Å². The Bertz CT molecular complexity index is 557. The highest BCUT2D eigenvalue weighted by atomic mass is 16.6. The normalized spacial score (nSPS) is 20.8. The van der Waals surface area contributed by atoms with Gasteiger partial charge in [0.2, 0.25) is 0 Å². The smallest absolute Gasteiger partial charge is 0.414 e. The van der Waals surface area contributed by atoms with Crippen LogP contribution in [-0.4, -0.2) is 44.5 Å². The molecule has 3 amide bonds. The minimum Gasteiger partial charge on any atom is -0.447 e. The van der Waals surface area contributed by atoms with Crippen molar-refractivity contribution in [2.45, 2.75) is 18.9 Å². The average Bonchev–Trinajstić information content (AvgIpc) is 3.17. The molecule has 0 unspecified atom stereocenters. The summed E-state index contributed by atoms with van der Waals surface area (Å²) in [5.41, 5.74) is 1.21. The Morgan fingerprint density at radius 3 is 2.91 bits per heavy atom. The van der Waals surface area contributed by atoms with E-state index in [2.05, 4.69) is 10.6 Å². The molecule has 0 aliphatic carbocycles. The number of carbonyl (C=O) groups excluding carboxylic acids is 2. The molecule has 1 aromatic rings. The molecule has 1 atom stereocenters. The topological polar surface area (TPSA) is 79.9 Å². The van der Waals surface area contributed by atoms with Gasteiger partial charge in [0, 0.05) is 13.2 Å². The number of hydrogen-bond acceptors (Lipinski definition) is 4. The van der Waals surface area contributed by atoms with Crippen LogP contribution in [0.4, 0.5) is 21.0 Å². The van der Waals surface area contributed by atoms with Gasteiger partial charge in [-0.3, -0.25) is 4.90 Å². The monoisotopic (exact) mass is 305 g/mol. The molecule has 7 nitrogen and oxygen atoms in total. The van der Waals surface area contributed by atoms with Crippen LogP contribution in [-0.2, 0) is 9.47 Å². The predicted molar refractivity (Wildman–Crippen MR) is 81.1 cm³/mol. The fourth-order valence-corrected chi connectivity index (χ4v) is 2.61. The summed E-state index contributed by atoms with van der Waals surface area (Å²) in [4.78, 5) is 25.2. The summed E-state index contributed by atoms with van der Waals surface area (Å²) in [5.74, 6) is 0. The van der Waals surface area contributed by atoms with Crippen molar-refractivity contribution in [3.8, 4) is 0 Å². The van der Waals surface area contributed by atoms with Crippen LogP contribution in [0.25, 0.3) is 0 Å². The van der Waals surface area contributed by atoms with Gasteiger partial charge >= 0.3 is 12.1 Å². The largest absolute Gasteiger partial charge is 0.447 e. The SMILES string of the molecule is O=C(NC[C@@H]1CCCO1)Nc1ccccc1N1CCOC1=O. The Balaban J connectivity index is 1.61. The first-order valence-corrected chi connectivity index (χ1v) is 7.44. The molecule has 2 fully saturated rings. The van der Waals surface area contributed by atoms with Gasteiger partial charge in [0.25, 0.3) is 0 Å². The minimum absolute atomic E-state index is 0.0922. The van der Waals surface area contributed by atoms with E-state index in [0.717, 1.165) is 19.4 Å². The summed E-state index contributed by atoms with van der Waals surface area (Å²) in [7, 11) is 0. The van der Waals surface area contributed by atoms with E-state index in [1.165, 1.54) is 4.90 Å². The Kier molecular flexibility index (Phi) is 4.43. The number of para-hydroxylation sites is 2. The molecule has 2 heterocycles. The standard InChI is InChI=1S/C15H19N3O4/c19-14(16-10-11-4-3-8-21-11)17-12-5-1-2-6-13(12)18-7-9-22-15(18)20/h1-2,5-6,11H,3-4,7-10H2,(H2,16,17,19)/t11-/m0/s1. The highest BCUT2D eigenvalue weighted by Crippen LogP contribution is 2.27. The molecule has 22 heavy (non-hydrogen) atoms. The number of rotatable bonds is 4. The zero-order valence-corrected chi connectivity index (χ0v) is 12.2. The molecule has 0 spiro atoms.